The number of alkyl halides is 3. The number of morpholine rings is 1. The molecule has 1 radical (unpaired) electrons. The second kappa shape index (κ2) is 9.79. The van der Waals surface area contributed by atoms with Crippen LogP contribution in [0.15, 0.2) is 42.5 Å². The average Bonchev–Trinajstić information content (AvgIpc) is 2.68. The summed E-state index contributed by atoms with van der Waals surface area (Å²) in [5, 5.41) is 3.71. The van der Waals surface area contributed by atoms with Gasteiger partial charge >= 0.3 is 175 Å². The van der Waals surface area contributed by atoms with Crippen molar-refractivity contribution in [2.75, 3.05) is 38.2 Å². The third kappa shape index (κ3) is 6.59. The summed E-state index contributed by atoms with van der Waals surface area (Å²) < 4.78 is 44.4. The van der Waals surface area contributed by atoms with Crippen LogP contribution in [0.4, 0.5) is 18.9 Å². The molecule has 0 saturated carbocycles. The van der Waals surface area contributed by atoms with Crippen LogP contribution in [0.3, 0.4) is 0 Å². The first-order valence-corrected chi connectivity index (χ1v) is 11.6. The molecule has 1 aliphatic heterocycles. The number of carbonyl (C=O) groups excluding carboxylic acids is 1. The van der Waals surface area contributed by atoms with Crippen molar-refractivity contribution in [3.05, 3.63) is 59.2 Å². The van der Waals surface area contributed by atoms with E-state index in [9.17, 15) is 18.0 Å². The number of ether oxygens (including phenoxy) is 1. The molecular formula is C21H23AsF3N2O2. The summed E-state index contributed by atoms with van der Waals surface area (Å²) in [6.45, 7) is 5.14. The van der Waals surface area contributed by atoms with Crippen LogP contribution in [-0.2, 0) is 20.9 Å². The normalized spacial score (nSPS) is 15.7. The van der Waals surface area contributed by atoms with Crippen molar-refractivity contribution in [1.82, 2.24) is 4.90 Å². The maximum absolute atomic E-state index is 12.6. The van der Waals surface area contributed by atoms with E-state index in [0.29, 0.717) is 19.8 Å². The van der Waals surface area contributed by atoms with Gasteiger partial charge in [-0.3, -0.25) is 0 Å². The summed E-state index contributed by atoms with van der Waals surface area (Å²) in [5.41, 5.74) is 2.06. The van der Waals surface area contributed by atoms with Crippen molar-refractivity contribution in [1.29, 1.82) is 0 Å². The Kier molecular flexibility index (Phi) is 7.38. The van der Waals surface area contributed by atoms with Crippen LogP contribution in [0, 0.1) is 6.92 Å². The van der Waals surface area contributed by atoms with E-state index in [1.807, 2.05) is 19.1 Å². The Morgan fingerprint density at radius 1 is 1.14 bits per heavy atom. The van der Waals surface area contributed by atoms with Gasteiger partial charge in [0.05, 0.1) is 0 Å². The zero-order valence-electron chi connectivity index (χ0n) is 16.1. The van der Waals surface area contributed by atoms with Gasteiger partial charge in [-0.1, -0.05) is 0 Å². The van der Waals surface area contributed by atoms with Gasteiger partial charge in [0, 0.05) is 0 Å². The fraction of sp³-hybridized carbons (Fsp3) is 0.381. The summed E-state index contributed by atoms with van der Waals surface area (Å²) in [6, 6.07) is 11.3. The molecule has 1 aliphatic rings. The number of hydrogen-bond donors (Lipinski definition) is 1. The number of hydrogen-bond acceptors (Lipinski definition) is 3. The maximum atomic E-state index is 12.6. The molecule has 8 heteroatoms. The summed E-state index contributed by atoms with van der Waals surface area (Å²) >= 11 is -0.211. The minimum absolute atomic E-state index is 0.0410. The Hall–Kier alpha value is -1.82. The molecule has 29 heavy (non-hydrogen) atoms. The third-order valence-electron chi connectivity index (χ3n) is 4.68. The van der Waals surface area contributed by atoms with Gasteiger partial charge in [-0.25, -0.2) is 0 Å². The quantitative estimate of drug-likeness (QED) is 0.665. The van der Waals surface area contributed by atoms with Gasteiger partial charge in [-0.05, 0) is 0 Å². The minimum atomic E-state index is -4.30. The van der Waals surface area contributed by atoms with E-state index in [4.69, 9.17) is 4.74 Å². The van der Waals surface area contributed by atoms with E-state index in [1.54, 1.807) is 12.1 Å². The van der Waals surface area contributed by atoms with Crippen LogP contribution in [-0.4, -0.2) is 59.4 Å². The summed E-state index contributed by atoms with van der Waals surface area (Å²) in [6.07, 6.45) is -4.30. The molecular weight excluding hydrogens is 444 g/mol. The van der Waals surface area contributed by atoms with E-state index in [1.165, 1.54) is 4.35 Å². The zero-order chi connectivity index (χ0) is 20.9. The van der Waals surface area contributed by atoms with Gasteiger partial charge in [-0.15, -0.1) is 0 Å². The number of nitrogens with zero attached hydrogens (tertiary/aromatic N) is 1. The molecule has 3 rings (SSSR count). The van der Waals surface area contributed by atoms with Gasteiger partial charge in [0.25, 0.3) is 0 Å². The molecule has 0 aliphatic carbocycles. The molecule has 1 heterocycles. The van der Waals surface area contributed by atoms with Crippen LogP contribution < -0.4 is 9.67 Å². The fourth-order valence-electron chi connectivity index (χ4n) is 3.02. The Bertz CT molecular complexity index is 835. The van der Waals surface area contributed by atoms with Crippen LogP contribution in [0.1, 0.15) is 16.7 Å². The second-order valence-corrected chi connectivity index (χ2v) is 9.36. The second-order valence-electron chi connectivity index (χ2n) is 6.95. The van der Waals surface area contributed by atoms with Gasteiger partial charge in [0.2, 0.25) is 0 Å². The Morgan fingerprint density at radius 3 is 2.45 bits per heavy atom. The number of aryl methyl sites for hydroxylation is 1. The summed E-state index contributed by atoms with van der Waals surface area (Å²) in [4.78, 5) is 14.3. The summed E-state index contributed by atoms with van der Waals surface area (Å²) in [7, 11) is 0. The first kappa shape index (κ1) is 21.9. The molecule has 4 nitrogen and oxygen atoms in total. The zero-order valence-corrected chi connectivity index (χ0v) is 18.0. The van der Waals surface area contributed by atoms with E-state index in [0.717, 1.165) is 47.2 Å². The van der Waals surface area contributed by atoms with Gasteiger partial charge in [0.1, 0.15) is 0 Å². The first-order chi connectivity index (χ1) is 13.8. The van der Waals surface area contributed by atoms with Crippen molar-refractivity contribution in [3.63, 3.8) is 0 Å². The van der Waals surface area contributed by atoms with Crippen molar-refractivity contribution in [2.24, 2.45) is 0 Å². The first-order valence-electron chi connectivity index (χ1n) is 9.35. The Morgan fingerprint density at radius 2 is 1.83 bits per heavy atom. The number of rotatable bonds is 6. The van der Waals surface area contributed by atoms with E-state index in [-0.39, 0.29) is 21.7 Å². The van der Waals surface area contributed by atoms with E-state index in [2.05, 4.69) is 16.3 Å². The fourth-order valence-corrected chi connectivity index (χ4v) is 5.20. The van der Waals surface area contributed by atoms with E-state index >= 15 is 0 Å². The molecule has 2 aromatic rings. The molecule has 1 amide bonds. The predicted octanol–water partition coefficient (Wildman–Crippen LogP) is 2.81. The van der Waals surface area contributed by atoms with Gasteiger partial charge in [-0.2, -0.15) is 0 Å². The monoisotopic (exact) mass is 467 g/mol. The van der Waals surface area contributed by atoms with Crippen molar-refractivity contribution < 1.29 is 22.7 Å². The molecule has 1 saturated heterocycles. The number of anilines is 1. The topological polar surface area (TPSA) is 41.6 Å². The number of benzene rings is 2. The molecule has 155 valence electrons. The predicted molar refractivity (Wildman–Crippen MR) is 108 cm³/mol. The molecule has 0 atom stereocenters. The molecule has 2 aromatic carbocycles. The molecule has 0 unspecified atom stereocenters. The van der Waals surface area contributed by atoms with Crippen molar-refractivity contribution >= 4 is 31.7 Å². The van der Waals surface area contributed by atoms with Gasteiger partial charge in [0.15, 0.2) is 0 Å². The SMILES string of the molecule is Cc1cc([As]Cc2ccc(C(F)(F)F)cc2)ccc1NC(=O)CN1CCOCC1. The average molecular weight is 467 g/mol. The Balaban J connectivity index is 1.53. The molecule has 0 bridgehead atoms. The molecule has 1 N–H and O–H groups in total. The summed E-state index contributed by atoms with van der Waals surface area (Å²) in [5.74, 6) is -0.0410. The van der Waals surface area contributed by atoms with Crippen molar-refractivity contribution in [3.8, 4) is 0 Å². The van der Waals surface area contributed by atoms with Crippen LogP contribution >= 0.6 is 0 Å². The number of nitrogens with one attached hydrogen (secondary N) is 1. The molecule has 0 aromatic heterocycles. The number of amides is 1. The Labute approximate surface area is 175 Å². The number of halogens is 3. The van der Waals surface area contributed by atoms with Crippen molar-refractivity contribution in [2.45, 2.75) is 18.3 Å². The van der Waals surface area contributed by atoms with E-state index < -0.39 is 11.7 Å². The molecule has 0 spiro atoms. The van der Waals surface area contributed by atoms with Gasteiger partial charge < -0.3 is 0 Å². The van der Waals surface area contributed by atoms with Crippen LogP contribution in [0.25, 0.3) is 0 Å². The standard InChI is InChI=1S/C21H23AsF3N2O2/c1-15-12-18(22-13-16-2-4-17(5-3-16)21(23,24)25)6-7-19(15)26-20(28)14-27-8-10-29-11-9-27/h2-7,12H,8-11,13-14H2,1H3,(H,26,28). The third-order valence-corrected chi connectivity index (χ3v) is 7.13. The van der Waals surface area contributed by atoms with Crippen LogP contribution in [0.5, 0.6) is 0 Å². The number of carbonyl (C=O) groups is 1. The molecule has 1 fully saturated rings. The van der Waals surface area contributed by atoms with Crippen LogP contribution in [0.2, 0.25) is 0 Å².